The summed E-state index contributed by atoms with van der Waals surface area (Å²) in [6, 6.07) is 10.7. The van der Waals surface area contributed by atoms with Crippen molar-refractivity contribution in [3.63, 3.8) is 0 Å². The molecule has 2 heterocycles. The Labute approximate surface area is 177 Å². The molecule has 7 nitrogen and oxygen atoms in total. The van der Waals surface area contributed by atoms with Gasteiger partial charge in [0.2, 0.25) is 0 Å². The minimum atomic E-state index is -0.484. The van der Waals surface area contributed by atoms with Gasteiger partial charge in [0.25, 0.3) is 0 Å². The molecule has 154 valence electrons. The zero-order chi connectivity index (χ0) is 21.3. The Balaban J connectivity index is 1.86. The zero-order valence-corrected chi connectivity index (χ0v) is 17.2. The maximum Gasteiger partial charge on any atom is 0.357 e. The number of nitrogens with one attached hydrogen (secondary N) is 1. The van der Waals surface area contributed by atoms with Gasteiger partial charge in [0, 0.05) is 34.6 Å². The summed E-state index contributed by atoms with van der Waals surface area (Å²) in [7, 11) is 1.57. The predicted molar refractivity (Wildman–Crippen MR) is 116 cm³/mol. The van der Waals surface area contributed by atoms with E-state index < -0.39 is 5.97 Å². The molecule has 30 heavy (non-hydrogen) atoms. The van der Waals surface area contributed by atoms with Crippen molar-refractivity contribution in [3.05, 3.63) is 58.9 Å². The van der Waals surface area contributed by atoms with Gasteiger partial charge in [0.1, 0.15) is 11.5 Å². The van der Waals surface area contributed by atoms with E-state index in [0.717, 1.165) is 21.8 Å². The number of hydrogen-bond acceptors (Lipinski definition) is 6. The molecular weight excluding hydrogens is 406 g/mol. The van der Waals surface area contributed by atoms with Crippen LogP contribution in [0.25, 0.3) is 21.8 Å². The maximum atomic E-state index is 12.4. The lowest BCUT2D eigenvalue weighted by Crippen LogP contribution is -2.11. The molecule has 2 aromatic carbocycles. The number of aromatic amines is 1. The number of nitrogens with zero attached hydrogens (tertiary/aromatic N) is 1. The highest BCUT2D eigenvalue weighted by Gasteiger charge is 2.20. The molecule has 8 heteroatoms. The maximum absolute atomic E-state index is 12.4. The van der Waals surface area contributed by atoms with Crippen LogP contribution in [-0.2, 0) is 16.1 Å². The molecule has 0 radical (unpaired) electrons. The molecule has 0 bridgehead atoms. The van der Waals surface area contributed by atoms with E-state index in [1.165, 1.54) is 0 Å². The van der Waals surface area contributed by atoms with Gasteiger partial charge in [-0.2, -0.15) is 0 Å². The molecule has 0 unspecified atom stereocenters. The Morgan fingerprint density at radius 1 is 1.20 bits per heavy atom. The van der Waals surface area contributed by atoms with Gasteiger partial charge in [-0.3, -0.25) is 0 Å². The molecule has 0 fully saturated rings. The molecule has 0 saturated carbocycles. The van der Waals surface area contributed by atoms with Crippen molar-refractivity contribution in [2.75, 3.05) is 19.5 Å². The molecule has 0 spiro atoms. The highest BCUT2D eigenvalue weighted by Crippen LogP contribution is 2.36. The van der Waals surface area contributed by atoms with Gasteiger partial charge in [0.15, 0.2) is 5.69 Å². The van der Waals surface area contributed by atoms with Crippen molar-refractivity contribution in [3.8, 4) is 11.5 Å². The third kappa shape index (κ3) is 3.65. The number of aromatic nitrogens is 2. The van der Waals surface area contributed by atoms with Gasteiger partial charge < -0.3 is 24.9 Å². The van der Waals surface area contributed by atoms with Crippen molar-refractivity contribution in [1.29, 1.82) is 0 Å². The molecule has 2 aromatic heterocycles. The summed E-state index contributed by atoms with van der Waals surface area (Å²) in [6.07, 6.45) is 1.62. The Kier molecular flexibility index (Phi) is 5.48. The number of carbonyl (C=O) groups is 1. The highest BCUT2D eigenvalue weighted by atomic mass is 35.5. The Hall–Kier alpha value is -3.29. The third-order valence-electron chi connectivity index (χ3n) is 4.65. The molecule has 0 amide bonds. The summed E-state index contributed by atoms with van der Waals surface area (Å²) in [5, 5.41) is 2.12. The number of ether oxygens (including phenoxy) is 3. The van der Waals surface area contributed by atoms with Gasteiger partial charge >= 0.3 is 5.97 Å². The van der Waals surface area contributed by atoms with Crippen LogP contribution in [0, 0.1) is 0 Å². The minimum Gasteiger partial charge on any atom is -0.461 e. The number of anilines is 1. The normalized spacial score (nSPS) is 11.2. The predicted octanol–water partition coefficient (Wildman–Crippen LogP) is 5.07. The van der Waals surface area contributed by atoms with E-state index in [1.807, 2.05) is 18.2 Å². The molecule has 0 aliphatic heterocycles. The second-order valence-electron chi connectivity index (χ2n) is 6.65. The number of rotatable bonds is 6. The van der Waals surface area contributed by atoms with E-state index in [2.05, 4.69) is 9.97 Å². The number of benzene rings is 2. The molecular formula is C22H20ClN3O4. The summed E-state index contributed by atoms with van der Waals surface area (Å²) in [4.78, 5) is 20.0. The lowest BCUT2D eigenvalue weighted by Gasteiger charge is -2.10. The standard InChI is InChI=1S/C22H20ClN3O4/c1-3-29-22(27)21-15(11-28-2)20-14-9-13(5-6-17(14)26-18(20)10-25-21)30-19-7-4-12(24)8-16(19)23/h4-10,26H,3,11,24H2,1-2H3. The van der Waals surface area contributed by atoms with E-state index in [9.17, 15) is 4.79 Å². The molecule has 4 rings (SSSR count). The average molecular weight is 426 g/mol. The van der Waals surface area contributed by atoms with Crippen molar-refractivity contribution in [1.82, 2.24) is 9.97 Å². The Bertz CT molecular complexity index is 1250. The van der Waals surface area contributed by atoms with E-state index in [4.69, 9.17) is 31.5 Å². The number of H-pyrrole nitrogens is 1. The van der Waals surface area contributed by atoms with Gasteiger partial charge in [-0.1, -0.05) is 11.6 Å². The van der Waals surface area contributed by atoms with Crippen LogP contribution in [0.2, 0.25) is 5.02 Å². The number of nitrogens with two attached hydrogens (primary N) is 1. The third-order valence-corrected chi connectivity index (χ3v) is 4.95. The van der Waals surface area contributed by atoms with Crippen molar-refractivity contribution in [2.45, 2.75) is 13.5 Å². The number of hydrogen-bond donors (Lipinski definition) is 2. The smallest absolute Gasteiger partial charge is 0.357 e. The lowest BCUT2D eigenvalue weighted by atomic mass is 10.1. The Morgan fingerprint density at radius 2 is 2.03 bits per heavy atom. The molecule has 3 N–H and O–H groups in total. The largest absolute Gasteiger partial charge is 0.461 e. The van der Waals surface area contributed by atoms with Crippen molar-refractivity contribution in [2.24, 2.45) is 0 Å². The topological polar surface area (TPSA) is 99.5 Å². The first kappa shape index (κ1) is 20.0. The van der Waals surface area contributed by atoms with Crippen LogP contribution in [0.5, 0.6) is 11.5 Å². The van der Waals surface area contributed by atoms with E-state index in [-0.39, 0.29) is 18.9 Å². The van der Waals surface area contributed by atoms with Crippen LogP contribution in [0.4, 0.5) is 5.69 Å². The van der Waals surface area contributed by atoms with Crippen LogP contribution in [0.15, 0.2) is 42.6 Å². The highest BCUT2D eigenvalue weighted by molar-refractivity contribution is 6.32. The van der Waals surface area contributed by atoms with Crippen LogP contribution >= 0.6 is 11.6 Å². The minimum absolute atomic E-state index is 0.209. The Morgan fingerprint density at radius 3 is 2.77 bits per heavy atom. The number of esters is 1. The summed E-state index contributed by atoms with van der Waals surface area (Å²) in [5.41, 5.74) is 8.86. The quantitative estimate of drug-likeness (QED) is 0.330. The van der Waals surface area contributed by atoms with Crippen LogP contribution in [0.3, 0.4) is 0 Å². The summed E-state index contributed by atoms with van der Waals surface area (Å²) >= 11 is 6.24. The van der Waals surface area contributed by atoms with Crippen LogP contribution in [0.1, 0.15) is 23.0 Å². The SMILES string of the molecule is CCOC(=O)c1ncc2[nH]c3ccc(Oc4ccc(N)cc4Cl)cc3c2c1COC. The van der Waals surface area contributed by atoms with Crippen molar-refractivity contribution < 1.29 is 19.0 Å². The number of nitrogen functional groups attached to an aromatic ring is 1. The first-order chi connectivity index (χ1) is 14.5. The molecule has 0 saturated heterocycles. The van der Waals surface area contributed by atoms with Crippen molar-refractivity contribution >= 4 is 45.1 Å². The zero-order valence-electron chi connectivity index (χ0n) is 16.5. The number of methoxy groups -OCH3 is 1. The van der Waals surface area contributed by atoms with Gasteiger partial charge in [-0.05, 0) is 43.3 Å². The first-order valence-electron chi connectivity index (χ1n) is 9.34. The van der Waals surface area contributed by atoms with E-state index in [0.29, 0.717) is 27.8 Å². The summed E-state index contributed by atoms with van der Waals surface area (Å²) < 4.78 is 16.5. The second-order valence-corrected chi connectivity index (χ2v) is 7.06. The van der Waals surface area contributed by atoms with Crippen LogP contribution < -0.4 is 10.5 Å². The van der Waals surface area contributed by atoms with E-state index >= 15 is 0 Å². The fourth-order valence-corrected chi connectivity index (χ4v) is 3.62. The van der Waals surface area contributed by atoms with Gasteiger partial charge in [-0.25, -0.2) is 9.78 Å². The molecule has 0 aliphatic carbocycles. The second kappa shape index (κ2) is 8.22. The summed E-state index contributed by atoms with van der Waals surface area (Å²) in [5.74, 6) is 0.603. The van der Waals surface area contributed by atoms with E-state index in [1.54, 1.807) is 38.4 Å². The van der Waals surface area contributed by atoms with Crippen LogP contribution in [-0.4, -0.2) is 29.7 Å². The summed E-state index contributed by atoms with van der Waals surface area (Å²) in [6.45, 7) is 2.23. The molecule has 0 atom stereocenters. The molecule has 0 aliphatic rings. The lowest BCUT2D eigenvalue weighted by molar-refractivity contribution is 0.0514. The number of carbonyl (C=O) groups excluding carboxylic acids is 1. The fraction of sp³-hybridized carbons (Fsp3) is 0.182. The molecule has 4 aromatic rings. The fourth-order valence-electron chi connectivity index (χ4n) is 3.39. The monoisotopic (exact) mass is 425 g/mol. The number of fused-ring (bicyclic) bond motifs is 3. The van der Waals surface area contributed by atoms with Gasteiger partial charge in [0.05, 0.1) is 29.9 Å². The van der Waals surface area contributed by atoms with Gasteiger partial charge in [-0.15, -0.1) is 0 Å². The first-order valence-corrected chi connectivity index (χ1v) is 9.71. The number of halogens is 1. The number of pyridine rings is 1. The average Bonchev–Trinajstić information content (AvgIpc) is 3.09.